The Kier molecular flexibility index (Phi) is 2.51. The van der Waals surface area contributed by atoms with Crippen molar-refractivity contribution in [3.63, 3.8) is 0 Å². The maximum absolute atomic E-state index is 8.61. The molecule has 0 aromatic heterocycles. The van der Waals surface area contributed by atoms with Gasteiger partial charge in [0.1, 0.15) is 0 Å². The normalized spacial score (nSPS) is 17.4. The average molecular weight is 139 g/mol. The SMILES string of the molecule is CC1=CC=CN(CCO)C1. The van der Waals surface area contributed by atoms with Crippen molar-refractivity contribution in [2.45, 2.75) is 6.92 Å². The van der Waals surface area contributed by atoms with E-state index in [2.05, 4.69) is 17.9 Å². The Morgan fingerprint density at radius 1 is 1.70 bits per heavy atom. The van der Waals surface area contributed by atoms with Crippen LogP contribution in [0.1, 0.15) is 6.92 Å². The molecule has 0 atom stereocenters. The summed E-state index contributed by atoms with van der Waals surface area (Å²) in [6.45, 7) is 4.02. The monoisotopic (exact) mass is 139 g/mol. The summed E-state index contributed by atoms with van der Waals surface area (Å²) in [6, 6.07) is 0. The second-order valence-electron chi connectivity index (χ2n) is 2.55. The van der Waals surface area contributed by atoms with Crippen molar-refractivity contribution in [3.8, 4) is 0 Å². The van der Waals surface area contributed by atoms with Gasteiger partial charge in [-0.15, -0.1) is 0 Å². The third kappa shape index (κ3) is 1.88. The van der Waals surface area contributed by atoms with E-state index in [1.165, 1.54) is 5.57 Å². The molecule has 0 unspecified atom stereocenters. The van der Waals surface area contributed by atoms with Gasteiger partial charge in [0.25, 0.3) is 0 Å². The molecule has 0 fully saturated rings. The van der Waals surface area contributed by atoms with Gasteiger partial charge in [-0.1, -0.05) is 11.6 Å². The lowest BCUT2D eigenvalue weighted by molar-refractivity contribution is 0.243. The molecule has 1 aliphatic heterocycles. The largest absolute Gasteiger partial charge is 0.395 e. The number of aliphatic hydroxyl groups is 1. The first-order chi connectivity index (χ1) is 4.83. The molecular weight excluding hydrogens is 126 g/mol. The van der Waals surface area contributed by atoms with Crippen LogP contribution in [0, 0.1) is 0 Å². The molecule has 0 aromatic carbocycles. The molecule has 0 bridgehead atoms. The van der Waals surface area contributed by atoms with Gasteiger partial charge in [-0.25, -0.2) is 0 Å². The van der Waals surface area contributed by atoms with Gasteiger partial charge < -0.3 is 10.0 Å². The molecule has 10 heavy (non-hydrogen) atoms. The van der Waals surface area contributed by atoms with Crippen LogP contribution >= 0.6 is 0 Å². The average Bonchev–Trinajstić information content (AvgIpc) is 1.88. The zero-order chi connectivity index (χ0) is 7.40. The van der Waals surface area contributed by atoms with E-state index in [-0.39, 0.29) is 6.61 Å². The summed E-state index contributed by atoms with van der Waals surface area (Å²) >= 11 is 0. The van der Waals surface area contributed by atoms with Crippen LogP contribution in [0.25, 0.3) is 0 Å². The van der Waals surface area contributed by atoms with Crippen LogP contribution in [0.2, 0.25) is 0 Å². The van der Waals surface area contributed by atoms with Gasteiger partial charge in [-0.3, -0.25) is 0 Å². The Balaban J connectivity index is 2.39. The first kappa shape index (κ1) is 7.35. The highest BCUT2D eigenvalue weighted by atomic mass is 16.3. The Labute approximate surface area is 61.5 Å². The summed E-state index contributed by atoms with van der Waals surface area (Å²) in [4.78, 5) is 2.09. The van der Waals surface area contributed by atoms with Gasteiger partial charge in [-0.2, -0.15) is 0 Å². The van der Waals surface area contributed by atoms with E-state index in [0.717, 1.165) is 13.1 Å². The van der Waals surface area contributed by atoms with E-state index >= 15 is 0 Å². The number of allylic oxidation sites excluding steroid dienone is 2. The summed E-state index contributed by atoms with van der Waals surface area (Å²) in [6.07, 6.45) is 6.10. The highest BCUT2D eigenvalue weighted by Gasteiger charge is 2.01. The van der Waals surface area contributed by atoms with Crippen molar-refractivity contribution in [2.24, 2.45) is 0 Å². The fourth-order valence-corrected chi connectivity index (χ4v) is 1.04. The van der Waals surface area contributed by atoms with E-state index in [0.29, 0.717) is 0 Å². The number of nitrogens with zero attached hydrogens (tertiary/aromatic N) is 1. The third-order valence-electron chi connectivity index (χ3n) is 1.52. The Morgan fingerprint density at radius 2 is 2.50 bits per heavy atom. The number of rotatable bonds is 2. The maximum atomic E-state index is 8.61. The molecule has 0 amide bonds. The van der Waals surface area contributed by atoms with Crippen molar-refractivity contribution < 1.29 is 5.11 Å². The molecule has 1 aliphatic rings. The molecule has 1 heterocycles. The minimum atomic E-state index is 0.234. The number of β-amino-alcohol motifs (C(OH)–C–C–N with tert-alkyl or cyclic N) is 1. The van der Waals surface area contributed by atoms with Gasteiger partial charge in [0.15, 0.2) is 0 Å². The van der Waals surface area contributed by atoms with Crippen molar-refractivity contribution in [3.05, 3.63) is 23.9 Å². The van der Waals surface area contributed by atoms with E-state index in [9.17, 15) is 0 Å². The maximum Gasteiger partial charge on any atom is 0.0606 e. The first-order valence-corrected chi connectivity index (χ1v) is 3.52. The predicted octanol–water partition coefficient (Wildman–Crippen LogP) is 0.754. The number of aliphatic hydroxyl groups excluding tert-OH is 1. The summed E-state index contributed by atoms with van der Waals surface area (Å²) in [5.41, 5.74) is 1.34. The minimum absolute atomic E-state index is 0.234. The molecule has 0 saturated carbocycles. The molecule has 0 saturated heterocycles. The number of hydrogen-bond acceptors (Lipinski definition) is 2. The van der Waals surface area contributed by atoms with E-state index < -0.39 is 0 Å². The minimum Gasteiger partial charge on any atom is -0.395 e. The topological polar surface area (TPSA) is 23.5 Å². The summed E-state index contributed by atoms with van der Waals surface area (Å²) in [5.74, 6) is 0. The quantitative estimate of drug-likeness (QED) is 0.610. The van der Waals surface area contributed by atoms with Gasteiger partial charge >= 0.3 is 0 Å². The van der Waals surface area contributed by atoms with E-state index in [4.69, 9.17) is 5.11 Å². The fourth-order valence-electron chi connectivity index (χ4n) is 1.04. The molecular formula is C8H13NO. The summed E-state index contributed by atoms with van der Waals surface area (Å²) in [5, 5.41) is 8.61. The van der Waals surface area contributed by atoms with Crippen LogP contribution in [0.5, 0.6) is 0 Å². The Bertz CT molecular complexity index is 161. The third-order valence-corrected chi connectivity index (χ3v) is 1.52. The van der Waals surface area contributed by atoms with Gasteiger partial charge in [0, 0.05) is 13.1 Å². The van der Waals surface area contributed by atoms with Crippen LogP contribution in [0.15, 0.2) is 23.9 Å². The predicted molar refractivity (Wildman–Crippen MR) is 41.6 cm³/mol. The molecule has 0 aliphatic carbocycles. The van der Waals surface area contributed by atoms with Crippen molar-refractivity contribution >= 4 is 0 Å². The van der Waals surface area contributed by atoms with Crippen LogP contribution in [-0.4, -0.2) is 29.7 Å². The van der Waals surface area contributed by atoms with Gasteiger partial charge in [0.05, 0.1) is 6.61 Å². The second-order valence-corrected chi connectivity index (χ2v) is 2.55. The smallest absolute Gasteiger partial charge is 0.0606 e. The van der Waals surface area contributed by atoms with E-state index in [1.807, 2.05) is 12.3 Å². The van der Waals surface area contributed by atoms with Crippen LogP contribution in [0.3, 0.4) is 0 Å². The molecule has 0 aromatic rings. The van der Waals surface area contributed by atoms with Crippen LogP contribution < -0.4 is 0 Å². The molecule has 56 valence electrons. The van der Waals surface area contributed by atoms with E-state index in [1.54, 1.807) is 0 Å². The first-order valence-electron chi connectivity index (χ1n) is 3.52. The summed E-state index contributed by atoms with van der Waals surface area (Å²) in [7, 11) is 0. The fraction of sp³-hybridized carbons (Fsp3) is 0.500. The standard InChI is InChI=1S/C8H13NO/c1-8-3-2-4-9(7-8)5-6-10/h2-4,10H,5-7H2,1H3. The molecule has 1 N–H and O–H groups in total. The summed E-state index contributed by atoms with van der Waals surface area (Å²) < 4.78 is 0. The number of hydrogen-bond donors (Lipinski definition) is 1. The van der Waals surface area contributed by atoms with Crippen molar-refractivity contribution in [2.75, 3.05) is 19.7 Å². The van der Waals surface area contributed by atoms with Crippen LogP contribution in [0.4, 0.5) is 0 Å². The lowest BCUT2D eigenvalue weighted by Gasteiger charge is -2.21. The zero-order valence-corrected chi connectivity index (χ0v) is 6.25. The lowest BCUT2D eigenvalue weighted by atomic mass is 10.2. The molecule has 1 rings (SSSR count). The van der Waals surface area contributed by atoms with Crippen molar-refractivity contribution in [1.82, 2.24) is 4.90 Å². The highest BCUT2D eigenvalue weighted by Crippen LogP contribution is 2.04. The van der Waals surface area contributed by atoms with Crippen LogP contribution in [-0.2, 0) is 0 Å². The Morgan fingerprint density at radius 3 is 3.10 bits per heavy atom. The molecule has 2 heteroatoms. The molecule has 0 radical (unpaired) electrons. The lowest BCUT2D eigenvalue weighted by Crippen LogP contribution is -2.24. The molecule has 2 nitrogen and oxygen atoms in total. The Hall–Kier alpha value is -0.760. The van der Waals surface area contributed by atoms with Gasteiger partial charge in [0.2, 0.25) is 0 Å². The molecule has 0 spiro atoms. The van der Waals surface area contributed by atoms with Crippen molar-refractivity contribution in [1.29, 1.82) is 0 Å². The zero-order valence-electron chi connectivity index (χ0n) is 6.25. The highest BCUT2D eigenvalue weighted by molar-refractivity contribution is 5.16. The van der Waals surface area contributed by atoms with Gasteiger partial charge in [-0.05, 0) is 19.2 Å². The second kappa shape index (κ2) is 3.42.